The zero-order chi connectivity index (χ0) is 12.3. The number of anilines is 1. The van der Waals surface area contributed by atoms with Crippen molar-refractivity contribution in [1.29, 1.82) is 0 Å². The number of rotatable bonds is 3. The molecule has 0 aliphatic carbocycles. The molecule has 1 aromatic rings. The lowest BCUT2D eigenvalue weighted by Gasteiger charge is -2.38. The number of aliphatic hydroxyl groups is 1. The van der Waals surface area contributed by atoms with E-state index < -0.39 is 0 Å². The van der Waals surface area contributed by atoms with Gasteiger partial charge < -0.3 is 14.7 Å². The van der Waals surface area contributed by atoms with Gasteiger partial charge in [0.1, 0.15) is 0 Å². The fourth-order valence-corrected chi connectivity index (χ4v) is 2.22. The second kappa shape index (κ2) is 5.29. The van der Waals surface area contributed by atoms with Crippen molar-refractivity contribution in [3.8, 4) is 0 Å². The van der Waals surface area contributed by atoms with Crippen molar-refractivity contribution in [3.05, 3.63) is 29.8 Å². The third kappa shape index (κ3) is 2.65. The van der Waals surface area contributed by atoms with Crippen LogP contribution in [0.15, 0.2) is 24.3 Å². The van der Waals surface area contributed by atoms with Gasteiger partial charge in [0.25, 0.3) is 0 Å². The highest BCUT2D eigenvalue weighted by molar-refractivity contribution is 5.84. The zero-order valence-electron chi connectivity index (χ0n) is 9.87. The van der Waals surface area contributed by atoms with Crippen LogP contribution in [0.5, 0.6) is 0 Å². The van der Waals surface area contributed by atoms with Gasteiger partial charge in [0.15, 0.2) is 6.29 Å². The molecule has 1 heterocycles. The third-order valence-corrected chi connectivity index (χ3v) is 2.93. The summed E-state index contributed by atoms with van der Waals surface area (Å²) in [5.41, 5.74) is 1.59. The first kappa shape index (κ1) is 12.1. The molecular weight excluding hydrogens is 218 g/mol. The molecule has 17 heavy (non-hydrogen) atoms. The van der Waals surface area contributed by atoms with Crippen LogP contribution in [0.25, 0.3) is 0 Å². The molecule has 0 amide bonds. The highest BCUT2D eigenvalue weighted by Crippen LogP contribution is 2.23. The first-order valence-electron chi connectivity index (χ1n) is 5.80. The molecule has 0 spiro atoms. The molecule has 2 atom stereocenters. The molecule has 1 fully saturated rings. The van der Waals surface area contributed by atoms with Crippen molar-refractivity contribution in [2.45, 2.75) is 19.1 Å². The summed E-state index contributed by atoms with van der Waals surface area (Å²) >= 11 is 0. The van der Waals surface area contributed by atoms with Gasteiger partial charge in [-0.2, -0.15) is 0 Å². The van der Waals surface area contributed by atoms with Gasteiger partial charge in [0.2, 0.25) is 0 Å². The van der Waals surface area contributed by atoms with Gasteiger partial charge in [-0.3, -0.25) is 4.79 Å². The predicted molar refractivity (Wildman–Crippen MR) is 65.5 cm³/mol. The Hall–Kier alpha value is -1.39. The van der Waals surface area contributed by atoms with E-state index in [-0.39, 0.29) is 18.8 Å². The molecule has 4 heteroatoms. The minimum atomic E-state index is -0.182. The van der Waals surface area contributed by atoms with E-state index in [4.69, 9.17) is 4.74 Å². The van der Waals surface area contributed by atoms with Crippen LogP contribution in [0.4, 0.5) is 5.69 Å². The summed E-state index contributed by atoms with van der Waals surface area (Å²) in [4.78, 5) is 13.1. The quantitative estimate of drug-likeness (QED) is 0.797. The Morgan fingerprint density at radius 1 is 1.47 bits per heavy atom. The van der Waals surface area contributed by atoms with E-state index in [1.54, 1.807) is 6.07 Å². The van der Waals surface area contributed by atoms with Crippen LogP contribution in [0.3, 0.4) is 0 Å². The van der Waals surface area contributed by atoms with E-state index in [9.17, 15) is 9.90 Å². The number of aldehydes is 1. The van der Waals surface area contributed by atoms with E-state index in [0.29, 0.717) is 12.1 Å². The zero-order valence-corrected chi connectivity index (χ0v) is 9.87. The summed E-state index contributed by atoms with van der Waals surface area (Å²) in [6.45, 7) is 3.33. The number of carbonyl (C=O) groups is 1. The summed E-state index contributed by atoms with van der Waals surface area (Å²) < 4.78 is 5.58. The average molecular weight is 235 g/mol. The van der Waals surface area contributed by atoms with E-state index in [1.807, 2.05) is 25.1 Å². The molecule has 2 rings (SSSR count). The lowest BCUT2D eigenvalue weighted by Crippen LogP contribution is -2.48. The molecule has 1 aromatic carbocycles. The maximum absolute atomic E-state index is 11.0. The van der Waals surface area contributed by atoms with Crippen LogP contribution in [0.2, 0.25) is 0 Å². The van der Waals surface area contributed by atoms with Crippen molar-refractivity contribution >= 4 is 12.0 Å². The topological polar surface area (TPSA) is 49.8 Å². The summed E-state index contributed by atoms with van der Waals surface area (Å²) in [6.07, 6.45) is 0.739. The molecule has 1 aliphatic rings. The molecular formula is C13H17NO3. The second-order valence-electron chi connectivity index (χ2n) is 4.33. The first-order valence-corrected chi connectivity index (χ1v) is 5.80. The van der Waals surface area contributed by atoms with Crippen LogP contribution in [0.1, 0.15) is 17.3 Å². The molecule has 4 nitrogen and oxygen atoms in total. The van der Waals surface area contributed by atoms with Crippen LogP contribution in [-0.4, -0.2) is 43.3 Å². The van der Waals surface area contributed by atoms with Crippen LogP contribution < -0.4 is 4.90 Å². The number of hydrogen-bond acceptors (Lipinski definition) is 4. The number of aliphatic hydroxyl groups excluding tert-OH is 1. The Morgan fingerprint density at radius 2 is 2.24 bits per heavy atom. The van der Waals surface area contributed by atoms with Crippen molar-refractivity contribution in [1.82, 2.24) is 0 Å². The maximum Gasteiger partial charge on any atom is 0.152 e. The van der Waals surface area contributed by atoms with Crippen molar-refractivity contribution in [3.63, 3.8) is 0 Å². The van der Waals surface area contributed by atoms with E-state index in [2.05, 4.69) is 4.90 Å². The number of benzene rings is 1. The molecule has 92 valence electrons. The van der Waals surface area contributed by atoms with Crippen molar-refractivity contribution in [2.24, 2.45) is 0 Å². The predicted octanol–water partition coefficient (Wildman–Crippen LogP) is 1.09. The minimum Gasteiger partial charge on any atom is -0.394 e. The maximum atomic E-state index is 11.0. The number of morpholine rings is 1. The molecule has 1 N–H and O–H groups in total. The number of para-hydroxylation sites is 1. The lowest BCUT2D eigenvalue weighted by atomic mass is 10.1. The smallest absolute Gasteiger partial charge is 0.152 e. The van der Waals surface area contributed by atoms with Gasteiger partial charge in [-0.25, -0.2) is 0 Å². The SMILES string of the molecule is CC1CN(c2ccccc2C=O)CC(CO)O1. The summed E-state index contributed by atoms with van der Waals surface area (Å²) in [5, 5.41) is 9.18. The number of carbonyl (C=O) groups excluding carboxylic acids is 1. The number of nitrogens with zero attached hydrogens (tertiary/aromatic N) is 1. The van der Waals surface area contributed by atoms with Crippen LogP contribution >= 0.6 is 0 Å². The molecule has 0 radical (unpaired) electrons. The molecule has 1 saturated heterocycles. The molecule has 0 bridgehead atoms. The monoisotopic (exact) mass is 235 g/mol. The Kier molecular flexibility index (Phi) is 3.76. The highest BCUT2D eigenvalue weighted by Gasteiger charge is 2.25. The number of ether oxygens (including phenoxy) is 1. The highest BCUT2D eigenvalue weighted by atomic mass is 16.5. The molecule has 0 aromatic heterocycles. The van der Waals surface area contributed by atoms with Crippen LogP contribution in [-0.2, 0) is 4.74 Å². The van der Waals surface area contributed by atoms with E-state index in [0.717, 1.165) is 18.5 Å². The second-order valence-corrected chi connectivity index (χ2v) is 4.33. The van der Waals surface area contributed by atoms with Crippen molar-refractivity contribution < 1.29 is 14.6 Å². The molecule has 2 unspecified atom stereocenters. The summed E-state index contributed by atoms with van der Waals surface area (Å²) in [7, 11) is 0. The Balaban J connectivity index is 2.23. The third-order valence-electron chi connectivity index (χ3n) is 2.93. The average Bonchev–Trinajstić information content (AvgIpc) is 2.37. The molecule has 1 aliphatic heterocycles. The van der Waals surface area contributed by atoms with Gasteiger partial charge in [-0.05, 0) is 19.1 Å². The van der Waals surface area contributed by atoms with Gasteiger partial charge in [0.05, 0.1) is 18.8 Å². The Labute approximate surface area is 101 Å². The van der Waals surface area contributed by atoms with Gasteiger partial charge in [0, 0.05) is 24.3 Å². The lowest BCUT2D eigenvalue weighted by molar-refractivity contribution is -0.0421. The standard InChI is InChI=1S/C13H17NO3/c1-10-6-14(7-12(9-16)17-10)13-5-3-2-4-11(13)8-15/h2-5,8,10,12,16H,6-7,9H2,1H3. The van der Waals surface area contributed by atoms with Gasteiger partial charge in [-0.1, -0.05) is 12.1 Å². The van der Waals surface area contributed by atoms with E-state index in [1.165, 1.54) is 0 Å². The van der Waals surface area contributed by atoms with Crippen molar-refractivity contribution in [2.75, 3.05) is 24.6 Å². The minimum absolute atomic E-state index is 0.00406. The van der Waals surface area contributed by atoms with Crippen LogP contribution in [0, 0.1) is 0 Å². The Bertz CT molecular complexity index is 394. The van der Waals surface area contributed by atoms with Gasteiger partial charge in [-0.15, -0.1) is 0 Å². The summed E-state index contributed by atoms with van der Waals surface area (Å²) in [5.74, 6) is 0. The Morgan fingerprint density at radius 3 is 2.94 bits per heavy atom. The van der Waals surface area contributed by atoms with E-state index >= 15 is 0 Å². The largest absolute Gasteiger partial charge is 0.394 e. The summed E-state index contributed by atoms with van der Waals surface area (Å²) in [6, 6.07) is 7.49. The van der Waals surface area contributed by atoms with Gasteiger partial charge >= 0.3 is 0 Å². The normalized spacial score (nSPS) is 24.7. The fourth-order valence-electron chi connectivity index (χ4n) is 2.22. The fraction of sp³-hybridized carbons (Fsp3) is 0.462. The first-order chi connectivity index (χ1) is 8.24. The number of hydrogen-bond donors (Lipinski definition) is 1. The molecule has 0 saturated carbocycles.